The number of nitrogens with zero attached hydrogens (tertiary/aromatic N) is 2. The van der Waals surface area contributed by atoms with Crippen LogP contribution >= 0.6 is 34.5 Å². The lowest BCUT2D eigenvalue weighted by molar-refractivity contribution is -0.132. The first-order valence-electron chi connectivity index (χ1n) is 12.0. The van der Waals surface area contributed by atoms with Gasteiger partial charge in [-0.05, 0) is 48.7 Å². The number of Topliss-reactive ketones (excluding diaryl/α,β-unsaturated/α-hetero) is 1. The molecule has 2 amide bonds. The largest absolute Gasteiger partial charge is 0.497 e. The Morgan fingerprint density at radius 3 is 2.51 bits per heavy atom. The molecule has 4 rings (SSSR count). The molecule has 0 spiro atoms. The number of aromatic nitrogens is 1. The summed E-state index contributed by atoms with van der Waals surface area (Å²) >= 11 is 13.7. The summed E-state index contributed by atoms with van der Waals surface area (Å²) in [4.78, 5) is 44.0. The number of carbonyl (C=O) groups is 3. The number of hydrogen-bond acceptors (Lipinski definition) is 6. The van der Waals surface area contributed by atoms with E-state index in [0.717, 1.165) is 23.4 Å². The number of amides is 2. The SMILES string of the molecule is COc1ccc(C(=O)CCC(=O)N2CCC(c3nc(C(=O)NCc4cccc(Cl)c4Cl)cs3)CC2)cc1. The Hall–Kier alpha value is -2.94. The molecule has 2 aromatic carbocycles. The van der Waals surface area contributed by atoms with Crippen molar-refractivity contribution in [2.24, 2.45) is 0 Å². The van der Waals surface area contributed by atoms with Gasteiger partial charge in [-0.15, -0.1) is 11.3 Å². The zero-order valence-corrected chi connectivity index (χ0v) is 22.7. The van der Waals surface area contributed by atoms with Crippen LogP contribution in [0.5, 0.6) is 5.75 Å². The molecule has 0 radical (unpaired) electrons. The van der Waals surface area contributed by atoms with Gasteiger partial charge in [-0.1, -0.05) is 35.3 Å². The van der Waals surface area contributed by atoms with E-state index in [-0.39, 0.29) is 42.9 Å². The molecule has 2 heterocycles. The fraction of sp³-hybridized carbons (Fsp3) is 0.333. The highest BCUT2D eigenvalue weighted by atomic mass is 35.5. The minimum absolute atomic E-state index is 0.0146. The van der Waals surface area contributed by atoms with Crippen molar-refractivity contribution >= 4 is 52.1 Å². The zero-order valence-electron chi connectivity index (χ0n) is 20.3. The van der Waals surface area contributed by atoms with Crippen molar-refractivity contribution in [3.8, 4) is 5.75 Å². The molecule has 0 bridgehead atoms. The Labute approximate surface area is 229 Å². The van der Waals surface area contributed by atoms with Crippen LogP contribution in [0.4, 0.5) is 0 Å². The monoisotopic (exact) mass is 559 g/mol. The van der Waals surface area contributed by atoms with Crippen molar-refractivity contribution in [1.29, 1.82) is 0 Å². The number of carbonyl (C=O) groups excluding carboxylic acids is 3. The molecule has 0 unspecified atom stereocenters. The van der Waals surface area contributed by atoms with E-state index in [1.807, 2.05) is 11.0 Å². The standard InChI is InChI=1S/C27H27Cl2N3O4S/c1-36-20-7-5-17(6-8-20)23(33)9-10-24(34)32-13-11-18(12-14-32)27-31-22(16-37-27)26(35)30-15-19-3-2-4-21(28)25(19)29/h2-8,16,18H,9-15H2,1H3,(H,30,35). The summed E-state index contributed by atoms with van der Waals surface area (Å²) in [6.45, 7) is 1.47. The highest BCUT2D eigenvalue weighted by molar-refractivity contribution is 7.09. The van der Waals surface area contributed by atoms with Crippen LogP contribution in [0, 0.1) is 0 Å². The molecule has 194 valence electrons. The second kappa shape index (κ2) is 12.5. The topological polar surface area (TPSA) is 88.6 Å². The van der Waals surface area contributed by atoms with Gasteiger partial charge in [-0.2, -0.15) is 0 Å². The van der Waals surface area contributed by atoms with E-state index < -0.39 is 0 Å². The lowest BCUT2D eigenvalue weighted by atomic mass is 9.97. The number of likely N-dealkylation sites (tertiary alicyclic amines) is 1. The lowest BCUT2D eigenvalue weighted by Crippen LogP contribution is -2.38. The summed E-state index contributed by atoms with van der Waals surface area (Å²) in [6.07, 6.45) is 1.90. The van der Waals surface area contributed by atoms with Gasteiger partial charge in [0.25, 0.3) is 5.91 Å². The van der Waals surface area contributed by atoms with Crippen molar-refractivity contribution in [1.82, 2.24) is 15.2 Å². The maximum atomic E-state index is 12.7. The van der Waals surface area contributed by atoms with Crippen LogP contribution in [-0.4, -0.2) is 47.7 Å². The molecule has 1 N–H and O–H groups in total. The summed E-state index contributed by atoms with van der Waals surface area (Å²) in [5, 5.41) is 6.36. The third-order valence-corrected chi connectivity index (χ3v) is 8.27. The van der Waals surface area contributed by atoms with Crippen LogP contribution < -0.4 is 10.1 Å². The first kappa shape index (κ1) is 27.1. The lowest BCUT2D eigenvalue weighted by Gasteiger charge is -2.31. The van der Waals surface area contributed by atoms with Gasteiger partial charge in [0.2, 0.25) is 5.91 Å². The average molecular weight is 561 g/mol. The summed E-state index contributed by atoms with van der Waals surface area (Å²) in [7, 11) is 1.57. The fourth-order valence-corrected chi connectivity index (χ4v) is 5.56. The van der Waals surface area contributed by atoms with Crippen molar-refractivity contribution in [2.75, 3.05) is 20.2 Å². The number of methoxy groups -OCH3 is 1. The number of nitrogens with one attached hydrogen (secondary N) is 1. The Morgan fingerprint density at radius 2 is 1.81 bits per heavy atom. The maximum absolute atomic E-state index is 12.7. The van der Waals surface area contributed by atoms with Crippen LogP contribution in [0.3, 0.4) is 0 Å². The van der Waals surface area contributed by atoms with E-state index in [0.29, 0.717) is 40.1 Å². The molecular weight excluding hydrogens is 533 g/mol. The normalized spacial score (nSPS) is 13.9. The van der Waals surface area contributed by atoms with Crippen molar-refractivity contribution in [2.45, 2.75) is 38.1 Å². The van der Waals surface area contributed by atoms with Gasteiger partial charge < -0.3 is 15.0 Å². The van der Waals surface area contributed by atoms with Crippen LogP contribution in [0.15, 0.2) is 47.8 Å². The minimum atomic E-state index is -0.271. The predicted molar refractivity (Wildman–Crippen MR) is 145 cm³/mol. The van der Waals surface area contributed by atoms with Crippen molar-refractivity contribution < 1.29 is 19.1 Å². The molecule has 0 atom stereocenters. The fourth-order valence-electron chi connectivity index (χ4n) is 4.21. The van der Waals surface area contributed by atoms with Crippen LogP contribution in [0.1, 0.15) is 63.0 Å². The molecule has 1 aliphatic rings. The molecule has 3 aromatic rings. The number of halogens is 2. The van der Waals surface area contributed by atoms with E-state index in [1.54, 1.807) is 48.9 Å². The molecule has 1 aliphatic heterocycles. The zero-order chi connectivity index (χ0) is 26.4. The van der Waals surface area contributed by atoms with Crippen LogP contribution in [0.2, 0.25) is 10.0 Å². The molecular formula is C27H27Cl2N3O4S. The van der Waals surface area contributed by atoms with Gasteiger partial charge >= 0.3 is 0 Å². The number of thiazole rings is 1. The number of benzene rings is 2. The minimum Gasteiger partial charge on any atom is -0.497 e. The first-order valence-corrected chi connectivity index (χ1v) is 13.6. The quantitative estimate of drug-likeness (QED) is 0.337. The summed E-state index contributed by atoms with van der Waals surface area (Å²) in [5.41, 5.74) is 1.68. The molecule has 1 saturated heterocycles. The highest BCUT2D eigenvalue weighted by Gasteiger charge is 2.26. The molecule has 0 saturated carbocycles. The number of piperidine rings is 1. The number of hydrogen-bond donors (Lipinski definition) is 1. The van der Waals surface area contributed by atoms with Crippen LogP contribution in [-0.2, 0) is 11.3 Å². The second-order valence-electron chi connectivity index (χ2n) is 8.77. The Bertz CT molecular complexity index is 1270. The summed E-state index contributed by atoms with van der Waals surface area (Å²) in [5.74, 6) is 0.536. The predicted octanol–water partition coefficient (Wildman–Crippen LogP) is 5.76. The van der Waals surface area contributed by atoms with Gasteiger partial charge in [0, 0.05) is 49.3 Å². The van der Waals surface area contributed by atoms with Gasteiger partial charge in [0.05, 0.1) is 22.2 Å². The molecule has 37 heavy (non-hydrogen) atoms. The molecule has 10 heteroatoms. The second-order valence-corrected chi connectivity index (χ2v) is 10.4. The highest BCUT2D eigenvalue weighted by Crippen LogP contribution is 2.31. The molecule has 7 nitrogen and oxygen atoms in total. The Balaban J connectivity index is 1.23. The third kappa shape index (κ3) is 6.89. The maximum Gasteiger partial charge on any atom is 0.271 e. The van der Waals surface area contributed by atoms with Crippen molar-refractivity contribution in [3.05, 3.63) is 79.7 Å². The van der Waals surface area contributed by atoms with E-state index in [9.17, 15) is 14.4 Å². The first-order chi connectivity index (χ1) is 17.9. The van der Waals surface area contributed by atoms with Crippen molar-refractivity contribution in [3.63, 3.8) is 0 Å². The number of ketones is 1. The number of rotatable bonds is 9. The molecule has 1 aromatic heterocycles. The van der Waals surface area contributed by atoms with E-state index >= 15 is 0 Å². The Morgan fingerprint density at radius 1 is 1.08 bits per heavy atom. The van der Waals surface area contributed by atoms with Gasteiger partial charge in [0.1, 0.15) is 11.4 Å². The van der Waals surface area contributed by atoms with E-state index in [1.165, 1.54) is 11.3 Å². The molecule has 1 fully saturated rings. The molecule has 0 aliphatic carbocycles. The van der Waals surface area contributed by atoms with Gasteiger partial charge in [-0.25, -0.2) is 4.98 Å². The van der Waals surface area contributed by atoms with Crippen LogP contribution in [0.25, 0.3) is 0 Å². The van der Waals surface area contributed by atoms with E-state index in [4.69, 9.17) is 27.9 Å². The third-order valence-electron chi connectivity index (χ3n) is 6.40. The summed E-state index contributed by atoms with van der Waals surface area (Å²) in [6, 6.07) is 12.2. The average Bonchev–Trinajstić information content (AvgIpc) is 3.43. The Kier molecular flexibility index (Phi) is 9.18. The van der Waals surface area contributed by atoms with E-state index in [2.05, 4.69) is 10.3 Å². The summed E-state index contributed by atoms with van der Waals surface area (Å²) < 4.78 is 5.11. The smallest absolute Gasteiger partial charge is 0.271 e. The van der Waals surface area contributed by atoms with Gasteiger partial charge in [0.15, 0.2) is 5.78 Å². The van der Waals surface area contributed by atoms with Gasteiger partial charge in [-0.3, -0.25) is 14.4 Å². The number of ether oxygens (including phenoxy) is 1.